The van der Waals surface area contributed by atoms with Crippen molar-refractivity contribution in [3.05, 3.63) is 28.3 Å². The number of aliphatic hydroxyl groups excluding tert-OH is 1. The van der Waals surface area contributed by atoms with Crippen molar-refractivity contribution in [2.45, 2.75) is 53.0 Å². The fourth-order valence-corrected chi connectivity index (χ4v) is 3.57. The third-order valence-corrected chi connectivity index (χ3v) is 4.73. The van der Waals surface area contributed by atoms with Crippen LogP contribution < -0.4 is 4.74 Å². The number of rotatable bonds is 6. The van der Waals surface area contributed by atoms with Crippen molar-refractivity contribution in [3.63, 3.8) is 0 Å². The van der Waals surface area contributed by atoms with E-state index in [9.17, 15) is 5.11 Å². The first kappa shape index (κ1) is 16.3. The van der Waals surface area contributed by atoms with E-state index in [1.807, 2.05) is 6.92 Å². The third kappa shape index (κ3) is 3.41. The minimum absolute atomic E-state index is 0.242. The largest absolute Gasteiger partial charge is 0.494 e. The van der Waals surface area contributed by atoms with Gasteiger partial charge in [-0.1, -0.05) is 0 Å². The van der Waals surface area contributed by atoms with Crippen molar-refractivity contribution >= 4 is 0 Å². The van der Waals surface area contributed by atoms with Crippen LogP contribution in [-0.4, -0.2) is 36.3 Å². The summed E-state index contributed by atoms with van der Waals surface area (Å²) in [6.07, 6.45) is 3.36. The normalized spacial score (nSPS) is 17.2. The van der Waals surface area contributed by atoms with Gasteiger partial charge < -0.3 is 9.84 Å². The van der Waals surface area contributed by atoms with Gasteiger partial charge in [0.25, 0.3) is 0 Å². The van der Waals surface area contributed by atoms with Gasteiger partial charge in [-0.25, -0.2) is 0 Å². The Kier molecular flexibility index (Phi) is 5.65. The maximum Gasteiger partial charge on any atom is 0.122 e. The second-order valence-electron chi connectivity index (χ2n) is 6.06. The molecule has 0 aliphatic carbocycles. The van der Waals surface area contributed by atoms with Crippen molar-refractivity contribution < 1.29 is 9.84 Å². The van der Waals surface area contributed by atoms with Gasteiger partial charge >= 0.3 is 0 Å². The van der Waals surface area contributed by atoms with E-state index >= 15 is 0 Å². The van der Waals surface area contributed by atoms with E-state index in [4.69, 9.17) is 4.74 Å². The lowest BCUT2D eigenvalue weighted by molar-refractivity contribution is 0.184. The van der Waals surface area contributed by atoms with Crippen LogP contribution in [0.4, 0.5) is 0 Å². The molecule has 3 nitrogen and oxygen atoms in total. The van der Waals surface area contributed by atoms with Gasteiger partial charge in [0.05, 0.1) is 6.61 Å². The average molecular weight is 291 g/mol. The van der Waals surface area contributed by atoms with Gasteiger partial charge in [-0.15, -0.1) is 0 Å². The Bertz CT molecular complexity index is 479. The minimum atomic E-state index is 0.242. The van der Waals surface area contributed by atoms with E-state index in [-0.39, 0.29) is 6.61 Å². The molecule has 1 aliphatic heterocycles. The van der Waals surface area contributed by atoms with Crippen molar-refractivity contribution in [2.24, 2.45) is 0 Å². The van der Waals surface area contributed by atoms with Gasteiger partial charge in [0.2, 0.25) is 0 Å². The number of hydrogen-bond acceptors (Lipinski definition) is 3. The maximum atomic E-state index is 9.50. The zero-order valence-corrected chi connectivity index (χ0v) is 13.9. The summed E-state index contributed by atoms with van der Waals surface area (Å²) in [5.41, 5.74) is 5.24. The summed E-state index contributed by atoms with van der Waals surface area (Å²) in [6, 6.07) is 2.51. The number of benzene rings is 1. The van der Waals surface area contributed by atoms with Gasteiger partial charge in [0.15, 0.2) is 0 Å². The zero-order chi connectivity index (χ0) is 15.4. The number of ether oxygens (including phenoxy) is 1. The molecule has 1 aromatic rings. The molecule has 118 valence electrons. The fraction of sp³-hybridized carbons (Fsp3) is 0.667. The second-order valence-corrected chi connectivity index (χ2v) is 6.06. The van der Waals surface area contributed by atoms with Crippen molar-refractivity contribution in [1.29, 1.82) is 0 Å². The minimum Gasteiger partial charge on any atom is -0.494 e. The molecule has 21 heavy (non-hydrogen) atoms. The Morgan fingerprint density at radius 2 is 1.86 bits per heavy atom. The second kappa shape index (κ2) is 7.28. The van der Waals surface area contributed by atoms with Gasteiger partial charge in [-0.05, 0) is 88.4 Å². The molecular weight excluding hydrogens is 262 g/mol. The lowest BCUT2D eigenvalue weighted by Crippen LogP contribution is -2.28. The molecule has 1 aromatic carbocycles. The molecule has 1 N–H and O–H groups in total. The summed E-state index contributed by atoms with van der Waals surface area (Å²) >= 11 is 0. The quantitative estimate of drug-likeness (QED) is 0.870. The lowest BCUT2D eigenvalue weighted by atomic mass is 9.90. The average Bonchev–Trinajstić information content (AvgIpc) is 2.98. The summed E-state index contributed by atoms with van der Waals surface area (Å²) in [5.74, 6) is 1.00. The standard InChI is InChI=1S/C18H29NO2/c1-5-21-17-12-13(2)18(15(4)14(17)3)16(8-11-20)19-9-6-7-10-19/h12,16,20H,5-11H2,1-4H3. The molecular formula is C18H29NO2. The molecule has 0 saturated carbocycles. The van der Waals surface area contributed by atoms with Gasteiger partial charge in [0.1, 0.15) is 5.75 Å². The first-order valence-electron chi connectivity index (χ1n) is 8.18. The van der Waals surface area contributed by atoms with Crippen molar-refractivity contribution in [3.8, 4) is 5.75 Å². The molecule has 1 heterocycles. The Hall–Kier alpha value is -1.06. The third-order valence-electron chi connectivity index (χ3n) is 4.73. The first-order valence-corrected chi connectivity index (χ1v) is 8.18. The molecule has 1 unspecified atom stereocenters. The van der Waals surface area contributed by atoms with E-state index < -0.39 is 0 Å². The van der Waals surface area contributed by atoms with Crippen LogP contribution in [-0.2, 0) is 0 Å². The van der Waals surface area contributed by atoms with E-state index in [0.717, 1.165) is 25.3 Å². The molecule has 0 amide bonds. The molecule has 1 aliphatic rings. The van der Waals surface area contributed by atoms with Crippen LogP contribution in [0.5, 0.6) is 5.75 Å². The number of likely N-dealkylation sites (tertiary alicyclic amines) is 1. The number of aryl methyl sites for hydroxylation is 1. The van der Waals surface area contributed by atoms with Crippen molar-refractivity contribution in [1.82, 2.24) is 4.90 Å². The fourth-order valence-electron chi connectivity index (χ4n) is 3.57. The summed E-state index contributed by atoms with van der Waals surface area (Å²) in [7, 11) is 0. The van der Waals surface area contributed by atoms with Crippen LogP contribution in [0.25, 0.3) is 0 Å². The molecule has 3 heteroatoms. The zero-order valence-electron chi connectivity index (χ0n) is 13.9. The molecule has 0 aromatic heterocycles. The van der Waals surface area contributed by atoms with Gasteiger partial charge in [0, 0.05) is 12.6 Å². The van der Waals surface area contributed by atoms with E-state index in [0.29, 0.717) is 12.6 Å². The van der Waals surface area contributed by atoms with Crippen LogP contribution in [0, 0.1) is 20.8 Å². The number of aliphatic hydroxyl groups is 1. The molecule has 0 radical (unpaired) electrons. The highest BCUT2D eigenvalue weighted by Crippen LogP contribution is 2.36. The van der Waals surface area contributed by atoms with Crippen LogP contribution in [0.1, 0.15) is 54.5 Å². The van der Waals surface area contributed by atoms with E-state index in [1.54, 1.807) is 0 Å². The molecule has 0 spiro atoms. The molecule has 1 fully saturated rings. The van der Waals surface area contributed by atoms with Crippen LogP contribution >= 0.6 is 0 Å². The Labute approximate surface area is 128 Å². The highest BCUT2D eigenvalue weighted by molar-refractivity contribution is 5.49. The van der Waals surface area contributed by atoms with Gasteiger partial charge in [-0.2, -0.15) is 0 Å². The van der Waals surface area contributed by atoms with Crippen LogP contribution in [0.3, 0.4) is 0 Å². The molecule has 0 bridgehead atoms. The number of hydrogen-bond donors (Lipinski definition) is 1. The lowest BCUT2D eigenvalue weighted by Gasteiger charge is -2.31. The first-order chi connectivity index (χ1) is 10.1. The predicted molar refractivity (Wildman–Crippen MR) is 87.1 cm³/mol. The summed E-state index contributed by atoms with van der Waals surface area (Å²) in [5, 5.41) is 9.50. The molecule has 2 rings (SSSR count). The molecule has 1 atom stereocenters. The smallest absolute Gasteiger partial charge is 0.122 e. The monoisotopic (exact) mass is 291 g/mol. The van der Waals surface area contributed by atoms with E-state index in [1.165, 1.54) is 35.1 Å². The van der Waals surface area contributed by atoms with Crippen molar-refractivity contribution in [2.75, 3.05) is 26.3 Å². The van der Waals surface area contributed by atoms with E-state index in [2.05, 4.69) is 31.7 Å². The highest BCUT2D eigenvalue weighted by Gasteiger charge is 2.26. The SMILES string of the molecule is CCOc1cc(C)c(C(CCO)N2CCCC2)c(C)c1C. The maximum absolute atomic E-state index is 9.50. The summed E-state index contributed by atoms with van der Waals surface area (Å²) < 4.78 is 5.76. The topological polar surface area (TPSA) is 32.7 Å². The van der Waals surface area contributed by atoms with Gasteiger partial charge in [-0.3, -0.25) is 4.90 Å². The number of nitrogens with zero attached hydrogens (tertiary/aromatic N) is 1. The molecule has 1 saturated heterocycles. The summed E-state index contributed by atoms with van der Waals surface area (Å²) in [6.45, 7) is 11.8. The predicted octanol–water partition coefficient (Wildman–Crippen LogP) is 3.53. The Morgan fingerprint density at radius 3 is 2.43 bits per heavy atom. The Balaban J connectivity index is 2.42. The van der Waals surface area contributed by atoms with Crippen LogP contribution in [0.2, 0.25) is 0 Å². The Morgan fingerprint density at radius 1 is 1.19 bits per heavy atom. The summed E-state index contributed by atoms with van der Waals surface area (Å²) in [4.78, 5) is 2.53. The highest BCUT2D eigenvalue weighted by atomic mass is 16.5. The van der Waals surface area contributed by atoms with Crippen LogP contribution in [0.15, 0.2) is 6.07 Å².